The molecule has 0 amide bonds. The van der Waals surface area contributed by atoms with Gasteiger partial charge in [0.1, 0.15) is 0 Å². The quantitative estimate of drug-likeness (QED) is 0.830. The maximum atomic E-state index is 12.4. The molecule has 1 aromatic heterocycles. The van der Waals surface area contributed by atoms with E-state index in [4.69, 9.17) is 4.52 Å². The molecule has 5 heteroatoms. The molecule has 0 spiro atoms. The van der Waals surface area contributed by atoms with Gasteiger partial charge in [0.15, 0.2) is 11.6 Å². The molecule has 2 fully saturated rings. The fraction of sp³-hybridized carbons (Fsp3) is 0.800. The molecule has 1 aromatic rings. The van der Waals surface area contributed by atoms with Gasteiger partial charge < -0.3 is 4.52 Å². The molecule has 1 saturated heterocycles. The monoisotopic (exact) mass is 277 g/mol. The molecule has 1 unspecified atom stereocenters. The highest BCUT2D eigenvalue weighted by molar-refractivity contribution is 5.91. The van der Waals surface area contributed by atoms with Crippen LogP contribution in [-0.4, -0.2) is 40.0 Å². The van der Waals surface area contributed by atoms with Crippen LogP contribution in [0.2, 0.25) is 0 Å². The van der Waals surface area contributed by atoms with Crippen LogP contribution >= 0.6 is 0 Å². The Morgan fingerprint density at radius 3 is 2.45 bits per heavy atom. The molecule has 0 aromatic carbocycles. The number of likely N-dealkylation sites (tertiary alicyclic amines) is 1. The van der Waals surface area contributed by atoms with Gasteiger partial charge in [0.2, 0.25) is 5.89 Å². The van der Waals surface area contributed by atoms with E-state index >= 15 is 0 Å². The standard InChI is InChI=1S/C15H23N3O2/c1-10-16-14(20-17-10)11-5-8-18(9-6-11)12-4-7-15(2,3)13(12)19/h11-12H,4-9H2,1-3H3. The van der Waals surface area contributed by atoms with Gasteiger partial charge in [-0.25, -0.2) is 0 Å². The zero-order chi connectivity index (χ0) is 14.3. The number of ketones is 1. The molecule has 20 heavy (non-hydrogen) atoms. The van der Waals surface area contributed by atoms with Crippen LogP contribution < -0.4 is 0 Å². The molecular formula is C15H23N3O2. The summed E-state index contributed by atoms with van der Waals surface area (Å²) < 4.78 is 5.27. The van der Waals surface area contributed by atoms with Crippen molar-refractivity contribution in [1.29, 1.82) is 0 Å². The molecule has 0 radical (unpaired) electrons. The number of hydrogen-bond donors (Lipinski definition) is 0. The highest BCUT2D eigenvalue weighted by Gasteiger charge is 2.43. The first-order valence-corrected chi connectivity index (χ1v) is 7.56. The Balaban J connectivity index is 1.61. The first kappa shape index (κ1) is 13.7. The molecule has 1 atom stereocenters. The number of rotatable bonds is 2. The number of aryl methyl sites for hydroxylation is 1. The van der Waals surface area contributed by atoms with E-state index in [0.717, 1.165) is 44.7 Å². The van der Waals surface area contributed by atoms with Crippen molar-refractivity contribution in [1.82, 2.24) is 15.0 Å². The summed E-state index contributed by atoms with van der Waals surface area (Å²) in [5.74, 6) is 2.25. The van der Waals surface area contributed by atoms with Crippen molar-refractivity contribution in [3.63, 3.8) is 0 Å². The summed E-state index contributed by atoms with van der Waals surface area (Å²) >= 11 is 0. The smallest absolute Gasteiger partial charge is 0.229 e. The van der Waals surface area contributed by atoms with Crippen molar-refractivity contribution < 1.29 is 9.32 Å². The minimum Gasteiger partial charge on any atom is -0.339 e. The van der Waals surface area contributed by atoms with Crippen LogP contribution in [0.1, 0.15) is 57.2 Å². The van der Waals surface area contributed by atoms with Gasteiger partial charge in [-0.1, -0.05) is 19.0 Å². The van der Waals surface area contributed by atoms with Gasteiger partial charge in [-0.15, -0.1) is 0 Å². The van der Waals surface area contributed by atoms with Crippen LogP contribution in [0.5, 0.6) is 0 Å². The largest absolute Gasteiger partial charge is 0.339 e. The summed E-state index contributed by atoms with van der Waals surface area (Å²) in [6.07, 6.45) is 4.03. The third-order valence-electron chi connectivity index (χ3n) is 4.88. The number of carbonyl (C=O) groups excluding carboxylic acids is 1. The fourth-order valence-electron chi connectivity index (χ4n) is 3.49. The van der Waals surface area contributed by atoms with Crippen molar-refractivity contribution in [2.45, 2.75) is 58.4 Å². The molecule has 0 bridgehead atoms. The number of piperidine rings is 1. The minimum absolute atomic E-state index is 0.134. The third-order valence-corrected chi connectivity index (χ3v) is 4.88. The van der Waals surface area contributed by atoms with E-state index in [1.165, 1.54) is 0 Å². The molecule has 1 aliphatic carbocycles. The maximum absolute atomic E-state index is 12.4. The Labute approximate surface area is 119 Å². The molecule has 1 saturated carbocycles. The van der Waals surface area contributed by atoms with Gasteiger partial charge in [0, 0.05) is 11.3 Å². The van der Waals surface area contributed by atoms with Crippen molar-refractivity contribution in [2.75, 3.05) is 13.1 Å². The van der Waals surface area contributed by atoms with E-state index in [2.05, 4.69) is 28.9 Å². The summed E-state index contributed by atoms with van der Waals surface area (Å²) in [6.45, 7) is 7.91. The Bertz CT molecular complexity index is 501. The average Bonchev–Trinajstić information content (AvgIpc) is 2.96. The van der Waals surface area contributed by atoms with Crippen LogP contribution in [0.15, 0.2) is 4.52 Å². The average molecular weight is 277 g/mol. The van der Waals surface area contributed by atoms with Gasteiger partial charge in [0.25, 0.3) is 0 Å². The Kier molecular flexibility index (Phi) is 3.40. The summed E-state index contributed by atoms with van der Waals surface area (Å²) in [4.78, 5) is 19.1. The van der Waals surface area contributed by atoms with Crippen LogP contribution in [0.4, 0.5) is 0 Å². The minimum atomic E-state index is -0.134. The summed E-state index contributed by atoms with van der Waals surface area (Å²) in [5, 5.41) is 3.87. The lowest BCUT2D eigenvalue weighted by Gasteiger charge is -2.34. The summed E-state index contributed by atoms with van der Waals surface area (Å²) in [7, 11) is 0. The van der Waals surface area contributed by atoms with Crippen LogP contribution in [0, 0.1) is 12.3 Å². The zero-order valence-corrected chi connectivity index (χ0v) is 12.6. The highest BCUT2D eigenvalue weighted by Crippen LogP contribution is 2.38. The molecule has 2 aliphatic rings. The van der Waals surface area contributed by atoms with Gasteiger partial charge in [-0.3, -0.25) is 9.69 Å². The van der Waals surface area contributed by atoms with Crippen LogP contribution in [0.3, 0.4) is 0 Å². The van der Waals surface area contributed by atoms with Gasteiger partial charge in [-0.2, -0.15) is 4.98 Å². The molecule has 5 nitrogen and oxygen atoms in total. The van der Waals surface area contributed by atoms with Gasteiger partial charge in [-0.05, 0) is 45.7 Å². The van der Waals surface area contributed by atoms with Crippen LogP contribution in [0.25, 0.3) is 0 Å². The van der Waals surface area contributed by atoms with E-state index in [1.807, 2.05) is 6.92 Å². The van der Waals surface area contributed by atoms with E-state index < -0.39 is 0 Å². The predicted octanol–water partition coefficient (Wildman–Crippen LogP) is 2.32. The van der Waals surface area contributed by atoms with E-state index in [1.54, 1.807) is 0 Å². The number of carbonyl (C=O) groups is 1. The van der Waals surface area contributed by atoms with Crippen molar-refractivity contribution in [2.24, 2.45) is 5.41 Å². The van der Waals surface area contributed by atoms with E-state index in [9.17, 15) is 4.79 Å². The number of Topliss-reactive ketones (excluding diaryl/α,β-unsaturated/α-hetero) is 1. The summed E-state index contributed by atoms with van der Waals surface area (Å²) in [6, 6.07) is 0.135. The lowest BCUT2D eigenvalue weighted by molar-refractivity contribution is -0.129. The second kappa shape index (κ2) is 4.95. The van der Waals surface area contributed by atoms with Crippen molar-refractivity contribution in [3.8, 4) is 0 Å². The van der Waals surface area contributed by atoms with Crippen molar-refractivity contribution >= 4 is 5.78 Å². The van der Waals surface area contributed by atoms with E-state index in [0.29, 0.717) is 17.5 Å². The molecular weight excluding hydrogens is 254 g/mol. The third kappa shape index (κ3) is 2.39. The topological polar surface area (TPSA) is 59.2 Å². The van der Waals surface area contributed by atoms with Crippen LogP contribution in [-0.2, 0) is 4.79 Å². The molecule has 0 N–H and O–H groups in total. The van der Waals surface area contributed by atoms with Gasteiger partial charge >= 0.3 is 0 Å². The highest BCUT2D eigenvalue weighted by atomic mass is 16.5. The Morgan fingerprint density at radius 2 is 1.95 bits per heavy atom. The maximum Gasteiger partial charge on any atom is 0.229 e. The number of nitrogens with zero attached hydrogens (tertiary/aromatic N) is 3. The molecule has 3 rings (SSSR count). The first-order valence-electron chi connectivity index (χ1n) is 7.56. The SMILES string of the molecule is Cc1noc(C2CCN(C3CCC(C)(C)C3=O)CC2)n1. The zero-order valence-electron chi connectivity index (χ0n) is 12.6. The second-order valence-electron chi connectivity index (χ2n) is 6.79. The number of aromatic nitrogens is 2. The summed E-state index contributed by atoms with van der Waals surface area (Å²) in [5.41, 5.74) is -0.134. The van der Waals surface area contributed by atoms with E-state index in [-0.39, 0.29) is 11.5 Å². The normalized spacial score (nSPS) is 28.1. The number of hydrogen-bond acceptors (Lipinski definition) is 5. The lowest BCUT2D eigenvalue weighted by atomic mass is 9.89. The molecule has 1 aliphatic heterocycles. The lowest BCUT2D eigenvalue weighted by Crippen LogP contribution is -2.45. The fourth-order valence-corrected chi connectivity index (χ4v) is 3.49. The second-order valence-corrected chi connectivity index (χ2v) is 6.79. The van der Waals surface area contributed by atoms with Crippen molar-refractivity contribution in [3.05, 3.63) is 11.7 Å². The molecule has 2 heterocycles. The Hall–Kier alpha value is -1.23. The predicted molar refractivity (Wildman–Crippen MR) is 74.4 cm³/mol. The Morgan fingerprint density at radius 1 is 1.25 bits per heavy atom. The molecule has 110 valence electrons. The first-order chi connectivity index (χ1) is 9.47. The van der Waals surface area contributed by atoms with Gasteiger partial charge in [0.05, 0.1) is 6.04 Å².